The Balaban J connectivity index is 1.83. The predicted octanol–water partition coefficient (Wildman–Crippen LogP) is 26.9. The van der Waals surface area contributed by atoms with E-state index in [2.05, 4.69) is 79.7 Å². The molecule has 0 aromatic heterocycles. The maximum Gasteiger partial charge on any atom is 0.203 e. The summed E-state index contributed by atoms with van der Waals surface area (Å²) >= 11 is 0. The molecule has 0 aliphatic heterocycles. The van der Waals surface area contributed by atoms with E-state index >= 15 is 0 Å². The molecule has 0 saturated heterocycles. The smallest absolute Gasteiger partial charge is 0.203 e. The van der Waals surface area contributed by atoms with Gasteiger partial charge in [-0.25, -0.2) is 0 Å². The van der Waals surface area contributed by atoms with E-state index in [-0.39, 0.29) is 0 Å². The molecule has 0 heterocycles. The van der Waals surface area contributed by atoms with Crippen LogP contribution in [0.5, 0.6) is 34.5 Å². The quantitative estimate of drug-likeness (QED) is 0.0479. The Kier molecular flexibility index (Phi) is 54.5. The Hall–Kier alpha value is -3.10. The van der Waals surface area contributed by atoms with Gasteiger partial charge in [0.25, 0.3) is 0 Å². The molecule has 0 amide bonds. The van der Waals surface area contributed by atoms with Crippen LogP contribution in [0.3, 0.4) is 0 Å². The molecule has 2 atom stereocenters. The van der Waals surface area contributed by atoms with Crippen LogP contribution >= 0.6 is 0 Å². The third-order valence-electron chi connectivity index (χ3n) is 19.4. The van der Waals surface area contributed by atoms with Crippen molar-refractivity contribution < 1.29 is 37.9 Å². The summed E-state index contributed by atoms with van der Waals surface area (Å²) in [6.07, 6.45) is 62.9. The van der Waals surface area contributed by atoms with Crippen LogP contribution in [-0.2, 0) is 22.7 Å². The number of ether oxygens (including phenoxy) is 8. The average molecular weight is 1290 g/mol. The summed E-state index contributed by atoms with van der Waals surface area (Å²) in [5.41, 5.74) is 5.14. The molecule has 8 nitrogen and oxygen atoms in total. The minimum Gasteiger partial charge on any atom is -0.490 e. The molecule has 2 aromatic carbocycles. The van der Waals surface area contributed by atoms with Crippen molar-refractivity contribution >= 4 is 0 Å². The molecular formula is C84H150O8. The lowest BCUT2D eigenvalue weighted by atomic mass is 9.77. The van der Waals surface area contributed by atoms with Crippen molar-refractivity contribution in [2.24, 2.45) is 11.8 Å². The highest BCUT2D eigenvalue weighted by Crippen LogP contribution is 2.42. The fourth-order valence-corrected chi connectivity index (χ4v) is 13.1. The van der Waals surface area contributed by atoms with E-state index in [1.807, 2.05) is 0 Å². The Bertz CT molecular complexity index is 1770. The van der Waals surface area contributed by atoms with Gasteiger partial charge in [-0.3, -0.25) is 0 Å². The molecule has 0 radical (unpaired) electrons. The molecule has 0 fully saturated rings. The molecule has 92 heavy (non-hydrogen) atoms. The first-order valence-corrected chi connectivity index (χ1v) is 40.3. The highest BCUT2D eigenvalue weighted by molar-refractivity contribution is 5.55. The molecule has 2 aromatic rings. The van der Waals surface area contributed by atoms with Crippen molar-refractivity contribution in [2.75, 3.05) is 52.9 Å². The summed E-state index contributed by atoms with van der Waals surface area (Å²) < 4.78 is 54.3. The maximum absolute atomic E-state index is 6.85. The third-order valence-corrected chi connectivity index (χ3v) is 19.4. The van der Waals surface area contributed by atoms with E-state index in [1.54, 1.807) is 0 Å². The van der Waals surface area contributed by atoms with Crippen molar-refractivity contribution in [2.45, 2.75) is 390 Å². The number of rotatable bonds is 68. The largest absolute Gasteiger partial charge is 0.490 e. The Morgan fingerprint density at radius 2 is 0.435 bits per heavy atom. The van der Waals surface area contributed by atoms with Crippen LogP contribution in [0, 0.1) is 11.8 Å². The van der Waals surface area contributed by atoms with Gasteiger partial charge in [-0.1, -0.05) is 322 Å². The van der Waals surface area contributed by atoms with Gasteiger partial charge in [0.05, 0.1) is 66.1 Å². The SMILES string of the molecule is CCCCCCCCCCOc1cc(COCC2CC(C)=C(C)CC2COCc2cc(OCCCCCCCCCC)c(OCCCCCCCCCC)c(OCCCCCCCCCC)c2)cc(OCCCCCCCCCC)c1OCCCCCCCCCC. The number of hydrogen-bond acceptors (Lipinski definition) is 8. The number of benzene rings is 2. The first kappa shape index (κ1) is 83.1. The van der Waals surface area contributed by atoms with E-state index in [0.717, 1.165) is 97.0 Å². The molecule has 1 aliphatic carbocycles. The summed E-state index contributed by atoms with van der Waals surface area (Å²) in [5.74, 6) is 5.48. The van der Waals surface area contributed by atoms with Crippen molar-refractivity contribution in [1.82, 2.24) is 0 Å². The van der Waals surface area contributed by atoms with Gasteiger partial charge >= 0.3 is 0 Å². The molecule has 8 heteroatoms. The van der Waals surface area contributed by atoms with Gasteiger partial charge < -0.3 is 37.9 Å². The zero-order valence-corrected chi connectivity index (χ0v) is 62.2. The van der Waals surface area contributed by atoms with Crippen molar-refractivity contribution in [3.8, 4) is 34.5 Å². The highest BCUT2D eigenvalue weighted by atomic mass is 16.5. The molecule has 0 spiro atoms. The molecule has 3 rings (SSSR count). The monoisotopic (exact) mass is 1290 g/mol. The lowest BCUT2D eigenvalue weighted by Gasteiger charge is -2.33. The fourth-order valence-electron chi connectivity index (χ4n) is 13.1. The van der Waals surface area contributed by atoms with Crippen molar-refractivity contribution in [3.05, 3.63) is 46.5 Å². The van der Waals surface area contributed by atoms with Gasteiger partial charge in [0.15, 0.2) is 23.0 Å². The topological polar surface area (TPSA) is 73.8 Å². The maximum atomic E-state index is 6.85. The van der Waals surface area contributed by atoms with Crippen LogP contribution in [0.4, 0.5) is 0 Å². The highest BCUT2D eigenvalue weighted by Gasteiger charge is 2.29. The second-order valence-corrected chi connectivity index (χ2v) is 28.3. The van der Waals surface area contributed by atoms with Gasteiger partial charge in [0, 0.05) is 0 Å². The van der Waals surface area contributed by atoms with Crippen molar-refractivity contribution in [3.63, 3.8) is 0 Å². The van der Waals surface area contributed by atoms with E-state index in [9.17, 15) is 0 Å². The second kappa shape index (κ2) is 60.3. The van der Waals surface area contributed by atoms with E-state index in [4.69, 9.17) is 37.9 Å². The third kappa shape index (κ3) is 42.5. The Morgan fingerprint density at radius 3 is 0.641 bits per heavy atom. The van der Waals surface area contributed by atoms with Crippen LogP contribution in [-0.4, -0.2) is 52.9 Å². The lowest BCUT2D eigenvalue weighted by molar-refractivity contribution is 0.0179. The molecule has 534 valence electrons. The summed E-state index contributed by atoms with van der Waals surface area (Å²) in [5, 5.41) is 0. The number of hydrogen-bond donors (Lipinski definition) is 0. The van der Waals surface area contributed by atoms with Crippen molar-refractivity contribution in [1.29, 1.82) is 0 Å². The Labute approximate surface area is 570 Å². The predicted molar refractivity (Wildman–Crippen MR) is 395 cm³/mol. The molecule has 0 saturated carbocycles. The van der Waals surface area contributed by atoms with Gasteiger partial charge in [0.2, 0.25) is 11.5 Å². The first-order chi connectivity index (χ1) is 45.4. The Morgan fingerprint density at radius 1 is 0.250 bits per heavy atom. The van der Waals surface area contributed by atoms with Crippen LogP contribution in [0.15, 0.2) is 35.4 Å². The zero-order chi connectivity index (χ0) is 65.8. The van der Waals surface area contributed by atoms with Crippen LogP contribution in [0.25, 0.3) is 0 Å². The van der Waals surface area contributed by atoms with E-state index in [0.29, 0.717) is 77.9 Å². The summed E-state index contributed by atoms with van der Waals surface area (Å²) in [7, 11) is 0. The normalized spacial score (nSPS) is 14.2. The van der Waals surface area contributed by atoms with Gasteiger partial charge in [-0.05, 0) is 112 Å². The zero-order valence-electron chi connectivity index (χ0n) is 62.2. The van der Waals surface area contributed by atoms with Crippen LogP contribution in [0.2, 0.25) is 0 Å². The molecule has 0 bridgehead atoms. The van der Waals surface area contributed by atoms with Crippen LogP contribution in [0.1, 0.15) is 388 Å². The van der Waals surface area contributed by atoms with E-state index in [1.165, 1.54) is 281 Å². The van der Waals surface area contributed by atoms with E-state index < -0.39 is 0 Å². The second-order valence-electron chi connectivity index (χ2n) is 28.3. The minimum absolute atomic E-state index is 0.339. The number of unbranched alkanes of at least 4 members (excludes halogenated alkanes) is 42. The lowest BCUT2D eigenvalue weighted by Crippen LogP contribution is -2.28. The molecule has 1 aliphatic rings. The summed E-state index contributed by atoms with van der Waals surface area (Å²) in [4.78, 5) is 0. The number of allylic oxidation sites excluding steroid dienone is 2. The summed E-state index contributed by atoms with van der Waals surface area (Å²) in [6, 6.07) is 8.78. The minimum atomic E-state index is 0.339. The molecule has 0 N–H and O–H groups in total. The molecular weight excluding hydrogens is 1140 g/mol. The molecule has 2 unspecified atom stereocenters. The fraction of sp³-hybridized carbons (Fsp3) is 0.833. The van der Waals surface area contributed by atoms with Gasteiger partial charge in [-0.2, -0.15) is 0 Å². The standard InChI is InChI=1S/C84H150O8/c1-9-15-21-27-33-39-45-51-57-87-79-65-75(66-80(88-58-52-46-40-34-28-22-16-10-2)83(79)91-61-55-49-43-37-31-25-19-13-5)69-85-71-77-63-73(7)74(8)64-78(77)72-86-70-76-67-81(89-59-53-47-41-35-29-23-17-11-3)84(92-62-56-50-44-38-32-26-20-14-6)82(68-76)90-60-54-48-42-36-30-24-18-12-4/h65-68,77-78H,9-64,69-72H2,1-8H3. The van der Waals surface area contributed by atoms with Gasteiger partial charge in [-0.15, -0.1) is 0 Å². The first-order valence-electron chi connectivity index (χ1n) is 40.3. The summed E-state index contributed by atoms with van der Waals surface area (Å²) in [6.45, 7) is 24.8. The van der Waals surface area contributed by atoms with Gasteiger partial charge in [0.1, 0.15) is 0 Å². The van der Waals surface area contributed by atoms with Crippen LogP contribution < -0.4 is 28.4 Å². The average Bonchev–Trinajstić information content (AvgIpc) is 0.979.